The van der Waals surface area contributed by atoms with Crippen LogP contribution in [-0.2, 0) is 6.54 Å². The fraction of sp³-hybridized carbons (Fsp3) is 0.625. The molecule has 0 aromatic heterocycles. The molecule has 0 heterocycles. The minimum absolute atomic E-state index is 0.321. The van der Waals surface area contributed by atoms with Gasteiger partial charge < -0.3 is 15.2 Å². The van der Waals surface area contributed by atoms with Gasteiger partial charge in [0, 0.05) is 18.2 Å². The number of hydrogen-bond acceptors (Lipinski definition) is 3. The molecule has 0 unspecified atom stereocenters. The van der Waals surface area contributed by atoms with Crippen molar-refractivity contribution < 1.29 is 9.84 Å². The molecule has 0 aliphatic heterocycles. The van der Waals surface area contributed by atoms with Crippen molar-refractivity contribution in [3.63, 3.8) is 0 Å². The molecule has 0 bridgehead atoms. The van der Waals surface area contributed by atoms with Crippen LogP contribution < -0.4 is 10.1 Å². The highest BCUT2D eigenvalue weighted by atomic mass is 16.5. The molecule has 104 valence electrons. The summed E-state index contributed by atoms with van der Waals surface area (Å²) in [4.78, 5) is 0. The molecule has 1 aromatic rings. The van der Waals surface area contributed by atoms with E-state index in [0.29, 0.717) is 11.5 Å². The average Bonchev–Trinajstić information content (AvgIpc) is 3.28. The highest BCUT2D eigenvalue weighted by Crippen LogP contribution is 2.48. The van der Waals surface area contributed by atoms with Gasteiger partial charge in [-0.05, 0) is 56.0 Å². The maximum absolute atomic E-state index is 9.91. The quantitative estimate of drug-likeness (QED) is 0.793. The summed E-state index contributed by atoms with van der Waals surface area (Å²) in [6.45, 7) is 1.84. The fourth-order valence-corrected chi connectivity index (χ4v) is 2.96. The summed E-state index contributed by atoms with van der Waals surface area (Å²) in [6.07, 6.45) is 5.71. The lowest BCUT2D eigenvalue weighted by Crippen LogP contribution is -2.25. The first-order valence-corrected chi connectivity index (χ1v) is 7.34. The summed E-state index contributed by atoms with van der Waals surface area (Å²) in [6, 6.07) is 5.51. The monoisotopic (exact) mass is 261 g/mol. The maximum atomic E-state index is 9.91. The Bertz CT molecular complexity index is 426. The van der Waals surface area contributed by atoms with Gasteiger partial charge in [-0.2, -0.15) is 0 Å². The van der Waals surface area contributed by atoms with Gasteiger partial charge in [0.1, 0.15) is 11.5 Å². The Balaban J connectivity index is 1.51. The van der Waals surface area contributed by atoms with Crippen molar-refractivity contribution in [2.75, 3.05) is 13.7 Å². The van der Waals surface area contributed by atoms with E-state index in [0.717, 1.165) is 36.4 Å². The first kappa shape index (κ1) is 12.8. The summed E-state index contributed by atoms with van der Waals surface area (Å²) in [5.41, 5.74) is 0.950. The van der Waals surface area contributed by atoms with Crippen molar-refractivity contribution in [2.24, 2.45) is 17.8 Å². The van der Waals surface area contributed by atoms with Gasteiger partial charge in [0.2, 0.25) is 0 Å². The second kappa shape index (κ2) is 5.41. The Morgan fingerprint density at radius 1 is 1.26 bits per heavy atom. The molecule has 2 N–H and O–H groups in total. The minimum atomic E-state index is 0.321. The largest absolute Gasteiger partial charge is 0.507 e. The van der Waals surface area contributed by atoms with E-state index < -0.39 is 0 Å². The standard InChI is InChI=1S/C16H23NO2/c1-19-14-7-6-13(16(18)8-14)9-17-10-15(11-2-3-11)12-4-5-12/h6-8,11-12,15,17-18H,2-5,9-10H2,1H3. The zero-order valence-electron chi connectivity index (χ0n) is 11.6. The van der Waals surface area contributed by atoms with Crippen molar-refractivity contribution in [1.82, 2.24) is 5.32 Å². The van der Waals surface area contributed by atoms with Crippen LogP contribution in [0.4, 0.5) is 0 Å². The van der Waals surface area contributed by atoms with Crippen LogP contribution in [0.3, 0.4) is 0 Å². The van der Waals surface area contributed by atoms with Gasteiger partial charge in [0.25, 0.3) is 0 Å². The number of nitrogens with one attached hydrogen (secondary N) is 1. The molecule has 0 radical (unpaired) electrons. The van der Waals surface area contributed by atoms with Crippen molar-refractivity contribution >= 4 is 0 Å². The lowest BCUT2D eigenvalue weighted by molar-refractivity contribution is 0.375. The number of phenolic OH excluding ortho intramolecular Hbond substituents is 1. The van der Waals surface area contributed by atoms with Crippen molar-refractivity contribution in [2.45, 2.75) is 32.2 Å². The molecule has 0 atom stereocenters. The Morgan fingerprint density at radius 2 is 1.95 bits per heavy atom. The second-order valence-corrected chi connectivity index (χ2v) is 5.96. The molecule has 3 rings (SSSR count). The molecule has 1 aromatic carbocycles. The summed E-state index contributed by atoms with van der Waals surface area (Å²) in [7, 11) is 1.61. The van der Waals surface area contributed by atoms with Crippen LogP contribution in [0.25, 0.3) is 0 Å². The number of hydrogen-bond donors (Lipinski definition) is 2. The molecular formula is C16H23NO2. The average molecular weight is 261 g/mol. The Kier molecular flexibility index (Phi) is 3.65. The lowest BCUT2D eigenvalue weighted by atomic mass is 9.98. The van der Waals surface area contributed by atoms with E-state index in [4.69, 9.17) is 4.74 Å². The SMILES string of the molecule is COc1ccc(CNCC(C2CC2)C2CC2)c(O)c1. The summed E-state index contributed by atoms with van der Waals surface area (Å²) in [5, 5.41) is 13.4. The topological polar surface area (TPSA) is 41.5 Å². The molecule has 2 fully saturated rings. The first-order valence-electron chi connectivity index (χ1n) is 7.34. The molecule has 19 heavy (non-hydrogen) atoms. The third kappa shape index (κ3) is 3.21. The van der Waals surface area contributed by atoms with Gasteiger partial charge in [-0.1, -0.05) is 6.07 Å². The zero-order valence-corrected chi connectivity index (χ0v) is 11.6. The third-order valence-corrected chi connectivity index (χ3v) is 4.44. The number of benzene rings is 1. The van der Waals surface area contributed by atoms with Gasteiger partial charge in [0.15, 0.2) is 0 Å². The van der Waals surface area contributed by atoms with Crippen LogP contribution in [0.5, 0.6) is 11.5 Å². The van der Waals surface area contributed by atoms with E-state index in [-0.39, 0.29) is 0 Å². The number of aromatic hydroxyl groups is 1. The van der Waals surface area contributed by atoms with Crippen molar-refractivity contribution in [1.29, 1.82) is 0 Å². The normalized spacial score (nSPS) is 18.8. The predicted molar refractivity (Wildman–Crippen MR) is 75.3 cm³/mol. The predicted octanol–water partition coefficient (Wildman–Crippen LogP) is 2.93. The summed E-state index contributed by atoms with van der Waals surface area (Å²) < 4.78 is 5.09. The van der Waals surface area contributed by atoms with Crippen LogP contribution in [-0.4, -0.2) is 18.8 Å². The van der Waals surface area contributed by atoms with Gasteiger partial charge >= 0.3 is 0 Å². The summed E-state index contributed by atoms with van der Waals surface area (Å²) in [5.74, 6) is 3.85. The molecule has 0 amide bonds. The highest BCUT2D eigenvalue weighted by molar-refractivity contribution is 5.39. The number of ether oxygens (including phenoxy) is 1. The molecular weight excluding hydrogens is 238 g/mol. The van der Waals surface area contributed by atoms with Crippen molar-refractivity contribution in [3.8, 4) is 11.5 Å². The van der Waals surface area contributed by atoms with Crippen LogP contribution in [0.1, 0.15) is 31.2 Å². The van der Waals surface area contributed by atoms with E-state index >= 15 is 0 Å². The van der Waals surface area contributed by atoms with Gasteiger partial charge in [-0.25, -0.2) is 0 Å². The molecule has 3 heteroatoms. The molecule has 0 spiro atoms. The molecule has 2 saturated carbocycles. The highest BCUT2D eigenvalue weighted by Gasteiger charge is 2.40. The maximum Gasteiger partial charge on any atom is 0.123 e. The van der Waals surface area contributed by atoms with E-state index in [1.165, 1.54) is 25.7 Å². The molecule has 0 saturated heterocycles. The van der Waals surface area contributed by atoms with Gasteiger partial charge in [0.05, 0.1) is 7.11 Å². The van der Waals surface area contributed by atoms with E-state index in [1.54, 1.807) is 13.2 Å². The molecule has 3 nitrogen and oxygen atoms in total. The van der Waals surface area contributed by atoms with Crippen LogP contribution in [0.2, 0.25) is 0 Å². The van der Waals surface area contributed by atoms with Gasteiger partial charge in [-0.15, -0.1) is 0 Å². The summed E-state index contributed by atoms with van der Waals surface area (Å²) >= 11 is 0. The van der Waals surface area contributed by atoms with Crippen LogP contribution in [0, 0.1) is 17.8 Å². The minimum Gasteiger partial charge on any atom is -0.507 e. The molecule has 2 aliphatic rings. The third-order valence-electron chi connectivity index (χ3n) is 4.44. The molecule has 2 aliphatic carbocycles. The smallest absolute Gasteiger partial charge is 0.123 e. The lowest BCUT2D eigenvalue weighted by Gasteiger charge is -2.16. The van der Waals surface area contributed by atoms with Crippen LogP contribution in [0.15, 0.2) is 18.2 Å². The number of methoxy groups -OCH3 is 1. The Morgan fingerprint density at radius 3 is 2.47 bits per heavy atom. The Labute approximate surface area is 115 Å². The van der Waals surface area contributed by atoms with E-state index in [9.17, 15) is 5.11 Å². The number of rotatable bonds is 7. The number of phenols is 1. The fourth-order valence-electron chi connectivity index (χ4n) is 2.96. The van der Waals surface area contributed by atoms with Gasteiger partial charge in [-0.3, -0.25) is 0 Å². The van der Waals surface area contributed by atoms with E-state index in [1.807, 2.05) is 12.1 Å². The zero-order chi connectivity index (χ0) is 13.2. The van der Waals surface area contributed by atoms with E-state index in [2.05, 4.69) is 5.32 Å². The second-order valence-electron chi connectivity index (χ2n) is 5.96. The van der Waals surface area contributed by atoms with Crippen LogP contribution >= 0.6 is 0 Å². The van der Waals surface area contributed by atoms with Crippen molar-refractivity contribution in [3.05, 3.63) is 23.8 Å². The first-order chi connectivity index (χ1) is 9.28. The Hall–Kier alpha value is -1.22.